The lowest BCUT2D eigenvalue weighted by Crippen LogP contribution is -2.08. The first-order valence-corrected chi connectivity index (χ1v) is 8.40. The Labute approximate surface area is 154 Å². The molecule has 1 aromatic carbocycles. The van der Waals surface area contributed by atoms with Crippen LogP contribution in [0.15, 0.2) is 55.2 Å². The lowest BCUT2D eigenvalue weighted by Gasteiger charge is -2.03. The molecular formula is C18H15ClN6O. The SMILES string of the molecule is OCCNc1ncc(-c2cn(-c3ccccc3)c3ncnc(Cl)c23)cn1. The van der Waals surface area contributed by atoms with Crippen LogP contribution in [-0.4, -0.2) is 42.8 Å². The van der Waals surface area contributed by atoms with E-state index in [1.165, 1.54) is 6.33 Å². The first-order chi connectivity index (χ1) is 12.8. The van der Waals surface area contributed by atoms with Crippen LogP contribution in [0.2, 0.25) is 5.15 Å². The smallest absolute Gasteiger partial charge is 0.222 e. The zero-order valence-corrected chi connectivity index (χ0v) is 14.4. The average Bonchev–Trinajstić information content (AvgIpc) is 3.08. The number of rotatable bonds is 5. The van der Waals surface area contributed by atoms with Crippen molar-refractivity contribution < 1.29 is 5.11 Å². The van der Waals surface area contributed by atoms with Gasteiger partial charge in [-0.15, -0.1) is 0 Å². The molecular weight excluding hydrogens is 352 g/mol. The molecule has 0 aliphatic rings. The van der Waals surface area contributed by atoms with E-state index in [-0.39, 0.29) is 6.61 Å². The molecule has 8 heteroatoms. The highest BCUT2D eigenvalue weighted by atomic mass is 35.5. The number of para-hydroxylation sites is 1. The Balaban J connectivity index is 1.85. The Bertz CT molecular complexity index is 1030. The van der Waals surface area contributed by atoms with E-state index in [1.54, 1.807) is 12.4 Å². The Kier molecular flexibility index (Phi) is 4.47. The summed E-state index contributed by atoms with van der Waals surface area (Å²) >= 11 is 6.37. The summed E-state index contributed by atoms with van der Waals surface area (Å²) in [6, 6.07) is 9.89. The highest BCUT2D eigenvalue weighted by molar-refractivity contribution is 6.35. The molecule has 0 atom stereocenters. The number of fused-ring (bicyclic) bond motifs is 1. The van der Waals surface area contributed by atoms with Gasteiger partial charge in [-0.1, -0.05) is 29.8 Å². The topological polar surface area (TPSA) is 88.8 Å². The molecule has 7 nitrogen and oxygen atoms in total. The monoisotopic (exact) mass is 366 g/mol. The van der Waals surface area contributed by atoms with Gasteiger partial charge in [0.15, 0.2) is 0 Å². The molecule has 4 rings (SSSR count). The van der Waals surface area contributed by atoms with Gasteiger partial charge in [0.05, 0.1) is 12.0 Å². The molecule has 0 fully saturated rings. The van der Waals surface area contributed by atoms with Crippen LogP contribution in [0.1, 0.15) is 0 Å². The van der Waals surface area contributed by atoms with E-state index < -0.39 is 0 Å². The number of halogens is 1. The van der Waals surface area contributed by atoms with E-state index in [9.17, 15) is 0 Å². The van der Waals surface area contributed by atoms with E-state index in [1.807, 2.05) is 41.1 Å². The first-order valence-electron chi connectivity index (χ1n) is 8.02. The minimum atomic E-state index is 0.0165. The largest absolute Gasteiger partial charge is 0.395 e. The first kappa shape index (κ1) is 16.4. The zero-order valence-electron chi connectivity index (χ0n) is 13.7. The van der Waals surface area contributed by atoms with Gasteiger partial charge in [-0.25, -0.2) is 19.9 Å². The molecule has 0 saturated carbocycles. The Morgan fingerprint density at radius 2 is 1.81 bits per heavy atom. The van der Waals surface area contributed by atoms with Crippen LogP contribution in [-0.2, 0) is 0 Å². The summed E-state index contributed by atoms with van der Waals surface area (Å²) in [4.78, 5) is 17.1. The van der Waals surface area contributed by atoms with Crippen LogP contribution in [0.25, 0.3) is 27.8 Å². The molecule has 0 bridgehead atoms. The number of benzene rings is 1. The summed E-state index contributed by atoms with van der Waals surface area (Å²) in [5.74, 6) is 0.456. The number of aliphatic hydroxyl groups is 1. The predicted octanol–water partition coefficient (Wildman–Crippen LogP) is 2.94. The molecule has 4 aromatic rings. The van der Waals surface area contributed by atoms with E-state index in [0.29, 0.717) is 23.3 Å². The van der Waals surface area contributed by atoms with Gasteiger partial charge in [-0.3, -0.25) is 0 Å². The van der Waals surface area contributed by atoms with Crippen molar-refractivity contribution in [1.29, 1.82) is 0 Å². The van der Waals surface area contributed by atoms with Gasteiger partial charge in [-0.2, -0.15) is 0 Å². The fourth-order valence-corrected chi connectivity index (χ4v) is 2.98. The summed E-state index contributed by atoms with van der Waals surface area (Å²) in [6.07, 6.45) is 6.83. The fraction of sp³-hybridized carbons (Fsp3) is 0.111. The zero-order chi connectivity index (χ0) is 17.9. The summed E-state index contributed by atoms with van der Waals surface area (Å²) in [5, 5.41) is 12.9. The molecule has 0 amide bonds. The maximum atomic E-state index is 8.87. The molecule has 0 unspecified atom stereocenters. The summed E-state index contributed by atoms with van der Waals surface area (Å²) < 4.78 is 1.97. The third-order valence-electron chi connectivity index (χ3n) is 3.93. The van der Waals surface area contributed by atoms with Gasteiger partial charge >= 0.3 is 0 Å². The van der Waals surface area contributed by atoms with Gasteiger partial charge in [0, 0.05) is 41.9 Å². The molecule has 0 spiro atoms. The molecule has 3 heterocycles. The van der Waals surface area contributed by atoms with Crippen molar-refractivity contribution >= 4 is 28.6 Å². The fourth-order valence-electron chi connectivity index (χ4n) is 2.76. The van der Waals surface area contributed by atoms with Gasteiger partial charge in [0.25, 0.3) is 0 Å². The number of hydrogen-bond donors (Lipinski definition) is 2. The normalized spacial score (nSPS) is 11.0. The number of anilines is 1. The highest BCUT2D eigenvalue weighted by Gasteiger charge is 2.16. The van der Waals surface area contributed by atoms with E-state index in [4.69, 9.17) is 16.7 Å². The van der Waals surface area contributed by atoms with Crippen LogP contribution >= 0.6 is 11.6 Å². The molecule has 0 radical (unpaired) electrons. The van der Waals surface area contributed by atoms with Crippen molar-refractivity contribution in [2.24, 2.45) is 0 Å². The van der Waals surface area contributed by atoms with Crippen LogP contribution in [0.5, 0.6) is 0 Å². The quantitative estimate of drug-likeness (QED) is 0.528. The molecule has 26 heavy (non-hydrogen) atoms. The Hall–Kier alpha value is -3.03. The molecule has 0 aliphatic heterocycles. The van der Waals surface area contributed by atoms with E-state index in [0.717, 1.165) is 22.2 Å². The lowest BCUT2D eigenvalue weighted by atomic mass is 10.1. The van der Waals surface area contributed by atoms with Gasteiger partial charge in [0.2, 0.25) is 5.95 Å². The van der Waals surface area contributed by atoms with Crippen LogP contribution in [0.4, 0.5) is 5.95 Å². The minimum absolute atomic E-state index is 0.0165. The summed E-state index contributed by atoms with van der Waals surface area (Å²) in [5.41, 5.74) is 3.34. The van der Waals surface area contributed by atoms with Crippen molar-refractivity contribution in [3.05, 3.63) is 60.4 Å². The maximum Gasteiger partial charge on any atom is 0.222 e. The lowest BCUT2D eigenvalue weighted by molar-refractivity contribution is 0.311. The molecule has 0 aliphatic carbocycles. The predicted molar refractivity (Wildman–Crippen MR) is 100 cm³/mol. The minimum Gasteiger partial charge on any atom is -0.395 e. The summed E-state index contributed by atoms with van der Waals surface area (Å²) in [7, 11) is 0. The van der Waals surface area contributed by atoms with Crippen molar-refractivity contribution in [3.8, 4) is 16.8 Å². The van der Waals surface area contributed by atoms with Crippen LogP contribution < -0.4 is 5.32 Å². The van der Waals surface area contributed by atoms with Crippen molar-refractivity contribution in [3.63, 3.8) is 0 Å². The second-order valence-electron chi connectivity index (χ2n) is 5.56. The number of nitrogens with zero attached hydrogens (tertiary/aromatic N) is 5. The number of aliphatic hydroxyl groups excluding tert-OH is 1. The van der Waals surface area contributed by atoms with Crippen LogP contribution in [0.3, 0.4) is 0 Å². The van der Waals surface area contributed by atoms with Crippen molar-refractivity contribution in [1.82, 2.24) is 24.5 Å². The third-order valence-corrected chi connectivity index (χ3v) is 4.22. The second-order valence-corrected chi connectivity index (χ2v) is 5.92. The Morgan fingerprint density at radius 3 is 2.54 bits per heavy atom. The highest BCUT2D eigenvalue weighted by Crippen LogP contribution is 2.34. The number of hydrogen-bond acceptors (Lipinski definition) is 6. The maximum absolute atomic E-state index is 8.87. The molecule has 130 valence electrons. The third kappa shape index (κ3) is 2.98. The standard InChI is InChI=1S/C18H15ClN6O/c19-16-15-14(12-8-21-18(22-9-12)20-6-7-26)10-25(17(15)24-11-23-16)13-4-2-1-3-5-13/h1-5,8-11,26H,6-7H2,(H,20,21,22). The molecule has 0 saturated heterocycles. The van der Waals surface area contributed by atoms with Gasteiger partial charge < -0.3 is 15.0 Å². The molecule has 3 aromatic heterocycles. The molecule has 2 N–H and O–H groups in total. The number of aromatic nitrogens is 5. The van der Waals surface area contributed by atoms with E-state index >= 15 is 0 Å². The van der Waals surface area contributed by atoms with Crippen molar-refractivity contribution in [2.75, 3.05) is 18.5 Å². The average molecular weight is 367 g/mol. The van der Waals surface area contributed by atoms with Crippen LogP contribution in [0, 0.1) is 0 Å². The second kappa shape index (κ2) is 7.07. The van der Waals surface area contributed by atoms with Gasteiger partial charge in [-0.05, 0) is 12.1 Å². The van der Waals surface area contributed by atoms with Crippen molar-refractivity contribution in [2.45, 2.75) is 0 Å². The number of nitrogens with one attached hydrogen (secondary N) is 1. The van der Waals surface area contributed by atoms with Gasteiger partial charge in [0.1, 0.15) is 17.1 Å². The summed E-state index contributed by atoms with van der Waals surface area (Å²) in [6.45, 7) is 0.412. The van der Waals surface area contributed by atoms with E-state index in [2.05, 4.69) is 25.3 Å². The Morgan fingerprint density at radius 1 is 1.04 bits per heavy atom.